The van der Waals surface area contributed by atoms with Crippen molar-refractivity contribution in [2.24, 2.45) is 0 Å². The molecule has 5 nitrogen and oxygen atoms in total. The first-order valence-corrected chi connectivity index (χ1v) is 8.31. The average molecular weight is 338 g/mol. The zero-order valence-corrected chi connectivity index (χ0v) is 14.0. The van der Waals surface area contributed by atoms with Gasteiger partial charge in [0.2, 0.25) is 0 Å². The molecule has 4 rings (SSSR count). The van der Waals surface area contributed by atoms with Crippen molar-refractivity contribution in [3.8, 4) is 16.9 Å². The Bertz CT molecular complexity index is 909. The van der Waals surface area contributed by atoms with E-state index in [0.717, 1.165) is 42.9 Å². The van der Waals surface area contributed by atoms with Crippen molar-refractivity contribution in [3.63, 3.8) is 0 Å². The Morgan fingerprint density at radius 3 is 2.64 bits per heavy atom. The van der Waals surface area contributed by atoms with Crippen LogP contribution in [0.15, 0.2) is 42.7 Å². The third-order valence-electron chi connectivity index (χ3n) is 4.52. The molecule has 0 aliphatic carbocycles. The van der Waals surface area contributed by atoms with Gasteiger partial charge in [0.15, 0.2) is 0 Å². The molecule has 6 heteroatoms. The van der Waals surface area contributed by atoms with Crippen LogP contribution in [0.3, 0.4) is 0 Å². The van der Waals surface area contributed by atoms with Crippen LogP contribution in [0.2, 0.25) is 0 Å². The van der Waals surface area contributed by atoms with Crippen molar-refractivity contribution in [1.29, 1.82) is 0 Å². The predicted octanol–water partition coefficient (Wildman–Crippen LogP) is 2.85. The zero-order chi connectivity index (χ0) is 17.2. The molecule has 0 unspecified atom stereocenters. The van der Waals surface area contributed by atoms with Gasteiger partial charge in [-0.1, -0.05) is 18.2 Å². The van der Waals surface area contributed by atoms with Crippen LogP contribution >= 0.6 is 0 Å². The number of hydrogen-bond donors (Lipinski definition) is 1. The number of rotatable bonds is 3. The van der Waals surface area contributed by atoms with Crippen LogP contribution < -0.4 is 15.0 Å². The molecule has 1 aliphatic heterocycles. The summed E-state index contributed by atoms with van der Waals surface area (Å²) in [5, 5.41) is 4.26. The highest BCUT2D eigenvalue weighted by Crippen LogP contribution is 2.37. The van der Waals surface area contributed by atoms with E-state index < -0.39 is 0 Å². The van der Waals surface area contributed by atoms with Gasteiger partial charge in [0.05, 0.1) is 12.6 Å². The summed E-state index contributed by atoms with van der Waals surface area (Å²) < 4.78 is 19.8. The Morgan fingerprint density at radius 2 is 1.88 bits per heavy atom. The smallest absolute Gasteiger partial charge is 0.140 e. The van der Waals surface area contributed by atoms with E-state index in [1.807, 2.05) is 18.2 Å². The van der Waals surface area contributed by atoms with E-state index in [0.29, 0.717) is 16.9 Å². The maximum atomic E-state index is 14.3. The van der Waals surface area contributed by atoms with Crippen LogP contribution in [0.25, 0.3) is 22.0 Å². The molecule has 0 radical (unpaired) electrons. The van der Waals surface area contributed by atoms with Gasteiger partial charge in [-0.05, 0) is 18.2 Å². The molecule has 1 aromatic heterocycles. The lowest BCUT2D eigenvalue weighted by Gasteiger charge is -2.29. The second-order valence-corrected chi connectivity index (χ2v) is 5.98. The molecular formula is C19H19FN4O. The molecule has 0 atom stereocenters. The summed E-state index contributed by atoms with van der Waals surface area (Å²) in [6.45, 7) is 3.64. The van der Waals surface area contributed by atoms with Crippen molar-refractivity contribution < 1.29 is 9.13 Å². The minimum atomic E-state index is -0.281. The lowest BCUT2D eigenvalue weighted by molar-refractivity contribution is 0.416. The van der Waals surface area contributed by atoms with Crippen LogP contribution in [0, 0.1) is 5.82 Å². The number of nitrogens with zero attached hydrogens (tertiary/aromatic N) is 3. The van der Waals surface area contributed by atoms with Crippen molar-refractivity contribution in [1.82, 2.24) is 15.3 Å². The highest BCUT2D eigenvalue weighted by molar-refractivity contribution is 5.95. The fraction of sp³-hybridized carbons (Fsp3) is 0.263. The SMILES string of the molecule is COc1cc2c(N3CCNCC3)ncnc2cc1-c1ccccc1F. The quantitative estimate of drug-likeness (QED) is 0.796. The molecule has 1 saturated heterocycles. The third kappa shape index (κ3) is 2.89. The summed E-state index contributed by atoms with van der Waals surface area (Å²) in [5.41, 5.74) is 1.98. The normalized spacial score (nSPS) is 14.7. The van der Waals surface area contributed by atoms with Gasteiger partial charge in [-0.15, -0.1) is 0 Å². The minimum absolute atomic E-state index is 0.281. The van der Waals surface area contributed by atoms with E-state index in [1.165, 1.54) is 6.07 Å². The maximum absolute atomic E-state index is 14.3. The molecule has 3 aromatic rings. The molecule has 0 bridgehead atoms. The van der Waals surface area contributed by atoms with Crippen molar-refractivity contribution in [3.05, 3.63) is 48.5 Å². The molecule has 0 saturated carbocycles. The number of aromatic nitrogens is 2. The molecule has 0 spiro atoms. The maximum Gasteiger partial charge on any atom is 0.140 e. The average Bonchev–Trinajstić information content (AvgIpc) is 2.67. The second kappa shape index (κ2) is 6.64. The summed E-state index contributed by atoms with van der Waals surface area (Å²) in [6.07, 6.45) is 1.57. The summed E-state index contributed by atoms with van der Waals surface area (Å²) in [6, 6.07) is 10.5. The van der Waals surface area contributed by atoms with E-state index in [4.69, 9.17) is 4.74 Å². The van der Waals surface area contributed by atoms with E-state index >= 15 is 0 Å². The van der Waals surface area contributed by atoms with E-state index in [1.54, 1.807) is 25.6 Å². The van der Waals surface area contributed by atoms with Crippen LogP contribution in [0.5, 0.6) is 5.75 Å². The van der Waals surface area contributed by atoms with Crippen LogP contribution in [-0.4, -0.2) is 43.3 Å². The Balaban J connectivity index is 1.89. The number of hydrogen-bond acceptors (Lipinski definition) is 5. The Labute approximate surface area is 145 Å². The fourth-order valence-corrected chi connectivity index (χ4v) is 3.26. The summed E-state index contributed by atoms with van der Waals surface area (Å²) in [4.78, 5) is 11.1. The molecule has 2 aromatic carbocycles. The minimum Gasteiger partial charge on any atom is -0.496 e. The van der Waals surface area contributed by atoms with Gasteiger partial charge >= 0.3 is 0 Å². The van der Waals surface area contributed by atoms with E-state index in [-0.39, 0.29) is 5.82 Å². The standard InChI is InChI=1S/C19H19FN4O/c1-25-18-11-15-17(10-14(18)13-4-2-3-5-16(13)20)22-12-23-19(15)24-8-6-21-7-9-24/h2-5,10-12,21H,6-9H2,1H3. The summed E-state index contributed by atoms with van der Waals surface area (Å²) in [7, 11) is 1.60. The fourth-order valence-electron chi connectivity index (χ4n) is 3.26. The third-order valence-corrected chi connectivity index (χ3v) is 4.52. The largest absolute Gasteiger partial charge is 0.496 e. The number of anilines is 1. The number of piperazine rings is 1. The van der Waals surface area contributed by atoms with E-state index in [9.17, 15) is 4.39 Å². The van der Waals surface area contributed by atoms with Crippen molar-refractivity contribution in [2.45, 2.75) is 0 Å². The van der Waals surface area contributed by atoms with Gasteiger partial charge in [0.25, 0.3) is 0 Å². The molecular weight excluding hydrogens is 319 g/mol. The van der Waals surface area contributed by atoms with Gasteiger partial charge in [-0.25, -0.2) is 14.4 Å². The summed E-state index contributed by atoms with van der Waals surface area (Å²) in [5.74, 6) is 1.23. The first-order valence-electron chi connectivity index (χ1n) is 8.31. The lowest BCUT2D eigenvalue weighted by atomic mass is 10.0. The molecule has 25 heavy (non-hydrogen) atoms. The van der Waals surface area contributed by atoms with Crippen LogP contribution in [0.4, 0.5) is 10.2 Å². The first kappa shape index (κ1) is 15.8. The Morgan fingerprint density at radius 1 is 1.08 bits per heavy atom. The Kier molecular flexibility index (Phi) is 4.19. The zero-order valence-electron chi connectivity index (χ0n) is 14.0. The van der Waals surface area contributed by atoms with Crippen LogP contribution in [-0.2, 0) is 0 Å². The number of fused-ring (bicyclic) bond motifs is 1. The predicted molar refractivity (Wildman–Crippen MR) is 96.6 cm³/mol. The number of halogens is 1. The number of nitrogens with one attached hydrogen (secondary N) is 1. The lowest BCUT2D eigenvalue weighted by Crippen LogP contribution is -2.44. The van der Waals surface area contributed by atoms with Crippen molar-refractivity contribution in [2.75, 3.05) is 38.2 Å². The highest BCUT2D eigenvalue weighted by Gasteiger charge is 2.18. The molecule has 1 fully saturated rings. The van der Waals surface area contributed by atoms with Crippen molar-refractivity contribution >= 4 is 16.7 Å². The number of ether oxygens (including phenoxy) is 1. The second-order valence-electron chi connectivity index (χ2n) is 5.98. The van der Waals surface area contributed by atoms with E-state index in [2.05, 4.69) is 20.2 Å². The molecule has 0 amide bonds. The molecule has 1 N–H and O–H groups in total. The van der Waals surface area contributed by atoms with Gasteiger partial charge in [-0.3, -0.25) is 0 Å². The molecule has 1 aliphatic rings. The topological polar surface area (TPSA) is 50.3 Å². The summed E-state index contributed by atoms with van der Waals surface area (Å²) >= 11 is 0. The first-order chi connectivity index (χ1) is 12.3. The van der Waals surface area contributed by atoms with Crippen LogP contribution in [0.1, 0.15) is 0 Å². The van der Waals surface area contributed by atoms with Gasteiger partial charge in [-0.2, -0.15) is 0 Å². The van der Waals surface area contributed by atoms with Gasteiger partial charge in [0, 0.05) is 42.7 Å². The highest BCUT2D eigenvalue weighted by atomic mass is 19.1. The molecule has 128 valence electrons. The Hall–Kier alpha value is -2.73. The molecule has 2 heterocycles. The number of benzene rings is 2. The monoisotopic (exact) mass is 338 g/mol. The van der Waals surface area contributed by atoms with Gasteiger partial charge < -0.3 is 15.0 Å². The number of methoxy groups -OCH3 is 1. The van der Waals surface area contributed by atoms with Gasteiger partial charge in [0.1, 0.15) is 23.7 Å².